The van der Waals surface area contributed by atoms with Crippen LogP contribution in [0, 0.1) is 0 Å². The van der Waals surface area contributed by atoms with Gasteiger partial charge in [-0.15, -0.1) is 0 Å². The van der Waals surface area contributed by atoms with Gasteiger partial charge in [-0.2, -0.15) is 0 Å². The monoisotopic (exact) mass is 534 g/mol. The molecule has 5 rings (SSSR count). The van der Waals surface area contributed by atoms with Gasteiger partial charge < -0.3 is 18.8 Å². The first kappa shape index (κ1) is 26.0. The van der Waals surface area contributed by atoms with Gasteiger partial charge in [-0.1, -0.05) is 24.3 Å². The predicted molar refractivity (Wildman–Crippen MR) is 142 cm³/mol. The molecular formula is C27H27BN2O7S. The number of rotatable bonds is 6. The highest BCUT2D eigenvalue weighted by Gasteiger charge is 2.51. The van der Waals surface area contributed by atoms with Crippen molar-refractivity contribution in [3.05, 3.63) is 78.6 Å². The number of benzene rings is 2. The SMILES string of the molecule is COC(=O)c1ccc(B2OC(C)(C)C(C)(C)O2)cc1Oc1cnc2c(ccn2S(=O)(=O)c2ccccc2)c1. The fourth-order valence-electron chi connectivity index (χ4n) is 4.09. The molecule has 0 unspecified atom stereocenters. The second kappa shape index (κ2) is 9.26. The first-order valence-corrected chi connectivity index (χ1v) is 13.4. The van der Waals surface area contributed by atoms with Crippen LogP contribution in [0.25, 0.3) is 11.0 Å². The zero-order valence-electron chi connectivity index (χ0n) is 21.7. The average molecular weight is 534 g/mol. The van der Waals surface area contributed by atoms with Crippen LogP contribution >= 0.6 is 0 Å². The third-order valence-electron chi connectivity index (χ3n) is 6.93. The number of pyridine rings is 1. The first-order valence-electron chi connectivity index (χ1n) is 12.0. The third-order valence-corrected chi connectivity index (χ3v) is 8.61. The van der Waals surface area contributed by atoms with Gasteiger partial charge in [0.1, 0.15) is 17.1 Å². The molecule has 0 atom stereocenters. The van der Waals surface area contributed by atoms with Gasteiger partial charge in [-0.3, -0.25) is 0 Å². The molecule has 4 aromatic rings. The molecular weight excluding hydrogens is 507 g/mol. The minimum atomic E-state index is -3.83. The molecule has 2 aromatic carbocycles. The molecule has 1 saturated heterocycles. The van der Waals surface area contributed by atoms with Crippen LogP contribution in [0.2, 0.25) is 0 Å². The molecule has 38 heavy (non-hydrogen) atoms. The molecule has 0 amide bonds. The van der Waals surface area contributed by atoms with Crippen LogP contribution in [0.5, 0.6) is 11.5 Å². The van der Waals surface area contributed by atoms with Gasteiger partial charge >= 0.3 is 13.1 Å². The van der Waals surface area contributed by atoms with Crippen molar-refractivity contribution in [2.45, 2.75) is 43.8 Å². The van der Waals surface area contributed by atoms with Gasteiger partial charge in [0.05, 0.1) is 29.4 Å². The summed E-state index contributed by atoms with van der Waals surface area (Å²) in [5.41, 5.74) is 0.0435. The minimum absolute atomic E-state index is 0.155. The van der Waals surface area contributed by atoms with Crippen LogP contribution < -0.4 is 10.2 Å². The number of nitrogens with zero attached hydrogens (tertiary/aromatic N) is 2. The maximum Gasteiger partial charge on any atom is 0.494 e. The molecule has 0 saturated carbocycles. The van der Waals surface area contributed by atoms with E-state index in [-0.39, 0.29) is 21.9 Å². The van der Waals surface area contributed by atoms with Crippen molar-refractivity contribution in [1.82, 2.24) is 8.96 Å². The summed E-state index contributed by atoms with van der Waals surface area (Å²) in [5.74, 6) is -0.0419. The Balaban J connectivity index is 1.49. The first-order chi connectivity index (χ1) is 17.9. The average Bonchev–Trinajstić information content (AvgIpc) is 3.41. The lowest BCUT2D eigenvalue weighted by atomic mass is 9.78. The largest absolute Gasteiger partial charge is 0.494 e. The molecule has 1 aliphatic rings. The topological polar surface area (TPSA) is 106 Å². The number of methoxy groups -OCH3 is 1. The van der Waals surface area contributed by atoms with E-state index in [9.17, 15) is 13.2 Å². The highest BCUT2D eigenvalue weighted by Crippen LogP contribution is 2.37. The molecule has 1 fully saturated rings. The molecule has 0 radical (unpaired) electrons. The number of aromatic nitrogens is 2. The Kier molecular flexibility index (Phi) is 6.33. The van der Waals surface area contributed by atoms with E-state index in [1.165, 1.54) is 31.6 Å². The molecule has 2 aromatic heterocycles. The van der Waals surface area contributed by atoms with Crippen LogP contribution in [0.15, 0.2) is 78.0 Å². The number of carbonyl (C=O) groups is 1. The van der Waals surface area contributed by atoms with E-state index < -0.39 is 34.3 Å². The van der Waals surface area contributed by atoms with Crippen LogP contribution in [0.4, 0.5) is 0 Å². The van der Waals surface area contributed by atoms with Gasteiger partial charge in [0.15, 0.2) is 5.65 Å². The van der Waals surface area contributed by atoms with E-state index in [4.69, 9.17) is 18.8 Å². The summed E-state index contributed by atoms with van der Waals surface area (Å²) < 4.78 is 50.7. The second-order valence-corrected chi connectivity index (χ2v) is 11.8. The van der Waals surface area contributed by atoms with E-state index >= 15 is 0 Å². The molecule has 0 bridgehead atoms. The second-order valence-electron chi connectivity index (χ2n) is 9.95. The van der Waals surface area contributed by atoms with Crippen molar-refractivity contribution in [1.29, 1.82) is 0 Å². The molecule has 3 heterocycles. The molecule has 0 N–H and O–H groups in total. The Morgan fingerprint density at radius 3 is 2.32 bits per heavy atom. The maximum atomic E-state index is 13.1. The summed E-state index contributed by atoms with van der Waals surface area (Å²) in [6.07, 6.45) is 2.85. The number of ether oxygens (including phenoxy) is 2. The number of carbonyl (C=O) groups excluding carboxylic acids is 1. The fourth-order valence-corrected chi connectivity index (χ4v) is 5.42. The Labute approximate surface area is 221 Å². The smallest absolute Gasteiger partial charge is 0.465 e. The van der Waals surface area contributed by atoms with Crippen molar-refractivity contribution in [3.63, 3.8) is 0 Å². The lowest BCUT2D eigenvalue weighted by Gasteiger charge is -2.32. The summed E-state index contributed by atoms with van der Waals surface area (Å²) in [4.78, 5) is 17.0. The molecule has 196 valence electrons. The summed E-state index contributed by atoms with van der Waals surface area (Å²) in [7, 11) is -3.20. The summed E-state index contributed by atoms with van der Waals surface area (Å²) in [6.45, 7) is 7.83. The minimum Gasteiger partial charge on any atom is -0.465 e. The summed E-state index contributed by atoms with van der Waals surface area (Å²) in [6, 6.07) is 16.4. The van der Waals surface area contributed by atoms with Crippen molar-refractivity contribution in [2.75, 3.05) is 7.11 Å². The van der Waals surface area contributed by atoms with E-state index in [1.807, 2.05) is 27.7 Å². The summed E-state index contributed by atoms with van der Waals surface area (Å²) in [5, 5.41) is 0.545. The highest BCUT2D eigenvalue weighted by molar-refractivity contribution is 7.90. The van der Waals surface area contributed by atoms with Gasteiger partial charge in [0.2, 0.25) is 0 Å². The number of esters is 1. The van der Waals surface area contributed by atoms with Crippen molar-refractivity contribution in [2.24, 2.45) is 0 Å². The predicted octanol–water partition coefficient (Wildman–Crippen LogP) is 4.15. The Hall–Kier alpha value is -3.67. The van der Waals surface area contributed by atoms with Crippen LogP contribution in [0.1, 0.15) is 38.1 Å². The summed E-state index contributed by atoms with van der Waals surface area (Å²) >= 11 is 0. The zero-order chi connectivity index (χ0) is 27.3. The van der Waals surface area contributed by atoms with Gasteiger partial charge in [-0.05, 0) is 69.6 Å². The van der Waals surface area contributed by atoms with E-state index in [0.717, 1.165) is 3.97 Å². The van der Waals surface area contributed by atoms with Gasteiger partial charge in [-0.25, -0.2) is 22.2 Å². The standard InChI is InChI=1S/C27H27BN2O7S/c1-26(2)27(3,4)37-28(36-26)19-11-12-22(25(31)34-5)23(16-19)35-20-15-18-13-14-30(24(18)29-17-20)38(32,33)21-9-7-6-8-10-21/h6-17H,1-5H3. The number of fused-ring (bicyclic) bond motifs is 1. The number of hydrogen-bond donors (Lipinski definition) is 0. The molecule has 0 spiro atoms. The lowest BCUT2D eigenvalue weighted by Crippen LogP contribution is -2.41. The van der Waals surface area contributed by atoms with Gasteiger partial charge in [0, 0.05) is 11.6 Å². The Bertz CT molecular complexity index is 1620. The van der Waals surface area contributed by atoms with Crippen LogP contribution in [-0.2, 0) is 24.1 Å². The molecule has 9 nitrogen and oxygen atoms in total. The van der Waals surface area contributed by atoms with Crippen molar-refractivity contribution in [3.8, 4) is 11.5 Å². The maximum absolute atomic E-state index is 13.1. The molecule has 1 aliphatic heterocycles. The zero-order valence-corrected chi connectivity index (χ0v) is 22.5. The molecule has 11 heteroatoms. The molecule has 0 aliphatic carbocycles. The van der Waals surface area contributed by atoms with E-state index in [2.05, 4.69) is 4.98 Å². The Morgan fingerprint density at radius 1 is 0.974 bits per heavy atom. The third kappa shape index (κ3) is 4.46. The van der Waals surface area contributed by atoms with E-state index in [1.54, 1.807) is 48.5 Å². The van der Waals surface area contributed by atoms with Crippen molar-refractivity contribution < 1.29 is 32.0 Å². The Morgan fingerprint density at radius 2 is 1.66 bits per heavy atom. The van der Waals surface area contributed by atoms with Crippen LogP contribution in [-0.4, -0.2) is 48.8 Å². The van der Waals surface area contributed by atoms with E-state index in [0.29, 0.717) is 16.6 Å². The van der Waals surface area contributed by atoms with Crippen LogP contribution in [0.3, 0.4) is 0 Å². The quantitative estimate of drug-likeness (QED) is 0.268. The normalized spacial score (nSPS) is 16.5. The fraction of sp³-hybridized carbons (Fsp3) is 0.259. The van der Waals surface area contributed by atoms with Crippen molar-refractivity contribution >= 4 is 39.6 Å². The lowest BCUT2D eigenvalue weighted by molar-refractivity contribution is 0.00578. The van der Waals surface area contributed by atoms with Gasteiger partial charge in [0.25, 0.3) is 10.0 Å². The highest BCUT2D eigenvalue weighted by atomic mass is 32.2. The number of hydrogen-bond acceptors (Lipinski definition) is 8.